The summed E-state index contributed by atoms with van der Waals surface area (Å²) in [7, 11) is 2.04. The Balaban J connectivity index is 1.42. The molecule has 5 heteroatoms. The Morgan fingerprint density at radius 3 is 2.56 bits per heavy atom. The van der Waals surface area contributed by atoms with Crippen molar-refractivity contribution in [1.29, 1.82) is 0 Å². The van der Waals surface area contributed by atoms with Crippen molar-refractivity contribution in [2.45, 2.75) is 44.4 Å². The molecule has 2 heterocycles. The molecule has 138 valence electrons. The molecule has 1 aromatic rings. The van der Waals surface area contributed by atoms with Gasteiger partial charge in [0.25, 0.3) is 0 Å². The molecule has 2 aliphatic heterocycles. The van der Waals surface area contributed by atoms with Crippen LogP contribution in [0.1, 0.15) is 37.9 Å². The number of hydrogen-bond donors (Lipinski definition) is 1. The molecule has 0 unspecified atom stereocenters. The number of likely N-dealkylation sites (tertiary alicyclic amines) is 1. The van der Waals surface area contributed by atoms with Gasteiger partial charge < -0.3 is 14.7 Å². The summed E-state index contributed by atoms with van der Waals surface area (Å²) in [6, 6.07) is 9.79. The molecular weight excluding hydrogens is 316 g/mol. The fourth-order valence-electron chi connectivity index (χ4n) is 4.01. The number of piperidine rings is 1. The summed E-state index contributed by atoms with van der Waals surface area (Å²) in [5, 5.41) is 10.4. The first kappa shape index (κ1) is 18.4. The first-order chi connectivity index (χ1) is 12.0. The Kier molecular flexibility index (Phi) is 6.10. The normalized spacial score (nSPS) is 26.8. The molecule has 2 fully saturated rings. The van der Waals surface area contributed by atoms with Crippen molar-refractivity contribution in [3.8, 4) is 0 Å². The van der Waals surface area contributed by atoms with Crippen molar-refractivity contribution in [3.05, 3.63) is 35.9 Å². The van der Waals surface area contributed by atoms with Gasteiger partial charge in [-0.05, 0) is 51.4 Å². The van der Waals surface area contributed by atoms with E-state index in [1.54, 1.807) is 0 Å². The molecule has 25 heavy (non-hydrogen) atoms. The lowest BCUT2D eigenvalue weighted by molar-refractivity contribution is -0.144. The second-order valence-electron chi connectivity index (χ2n) is 7.61. The Hall–Kier alpha value is -1.43. The summed E-state index contributed by atoms with van der Waals surface area (Å²) < 4.78 is 5.27. The van der Waals surface area contributed by atoms with Crippen LogP contribution in [-0.2, 0) is 9.53 Å². The van der Waals surface area contributed by atoms with E-state index < -0.39 is 6.10 Å². The average molecular weight is 346 g/mol. The third-order valence-corrected chi connectivity index (χ3v) is 5.55. The maximum Gasteiger partial charge on any atom is 0.323 e. The van der Waals surface area contributed by atoms with Gasteiger partial charge in [-0.25, -0.2) is 0 Å². The molecule has 0 spiro atoms. The molecule has 2 saturated heterocycles. The van der Waals surface area contributed by atoms with Crippen LogP contribution >= 0.6 is 0 Å². The predicted octanol–water partition coefficient (Wildman–Crippen LogP) is 2.07. The highest BCUT2D eigenvalue weighted by molar-refractivity contribution is 5.77. The van der Waals surface area contributed by atoms with Crippen LogP contribution in [0.3, 0.4) is 0 Å². The lowest BCUT2D eigenvalue weighted by atomic mass is 9.95. The van der Waals surface area contributed by atoms with E-state index in [-0.39, 0.29) is 18.1 Å². The predicted molar refractivity (Wildman–Crippen MR) is 97.2 cm³/mol. The molecule has 0 saturated carbocycles. The molecular formula is C20H30N2O3. The first-order valence-electron chi connectivity index (χ1n) is 9.39. The molecule has 3 rings (SSSR count). The zero-order valence-electron chi connectivity index (χ0n) is 15.3. The van der Waals surface area contributed by atoms with Crippen LogP contribution in [0.5, 0.6) is 0 Å². The van der Waals surface area contributed by atoms with Gasteiger partial charge in [0.2, 0.25) is 0 Å². The van der Waals surface area contributed by atoms with E-state index in [4.69, 9.17) is 4.74 Å². The number of carbonyl (C=O) groups excluding carboxylic acids is 1. The second-order valence-corrected chi connectivity index (χ2v) is 7.61. The second kappa shape index (κ2) is 8.30. The van der Waals surface area contributed by atoms with Gasteiger partial charge in [-0.3, -0.25) is 9.69 Å². The fraction of sp³-hybridized carbons (Fsp3) is 0.650. The number of β-amino-alcohol motifs (C(OH)–C–C–N with tert-alkyl or cyclic N) is 1. The molecule has 0 aliphatic carbocycles. The Bertz CT molecular complexity index is 557. The standard InChI is InChI=1S/C20H30N2O3/c1-15-12-18(20(24)25-15)21(2)13-16-8-10-22(11-9-16)14-19(23)17-6-4-3-5-7-17/h3-7,15-16,18-19,23H,8-14H2,1-2H3/t15-,18-,19-/m1/s1. The van der Waals surface area contributed by atoms with Crippen LogP contribution in [0.25, 0.3) is 0 Å². The molecule has 0 amide bonds. The largest absolute Gasteiger partial charge is 0.461 e. The number of aliphatic hydroxyl groups excluding tert-OH is 1. The van der Waals surface area contributed by atoms with E-state index in [1.807, 2.05) is 44.3 Å². The smallest absolute Gasteiger partial charge is 0.323 e. The quantitative estimate of drug-likeness (QED) is 0.799. The molecule has 2 aliphatic rings. The summed E-state index contributed by atoms with van der Waals surface area (Å²) in [5.41, 5.74) is 0.984. The molecule has 1 N–H and O–H groups in total. The summed E-state index contributed by atoms with van der Waals surface area (Å²) >= 11 is 0. The van der Waals surface area contributed by atoms with Crippen LogP contribution in [0.4, 0.5) is 0 Å². The van der Waals surface area contributed by atoms with E-state index in [2.05, 4.69) is 9.80 Å². The number of esters is 1. The SMILES string of the molecule is C[C@@H]1C[C@@H](N(C)CC2CCN(C[C@@H](O)c3ccccc3)CC2)C(=O)O1. The molecule has 0 bridgehead atoms. The van der Waals surface area contributed by atoms with Gasteiger partial charge >= 0.3 is 5.97 Å². The lowest BCUT2D eigenvalue weighted by Gasteiger charge is -2.35. The van der Waals surface area contributed by atoms with E-state index in [0.717, 1.165) is 44.5 Å². The number of aliphatic hydroxyl groups is 1. The molecule has 0 radical (unpaired) electrons. The van der Waals surface area contributed by atoms with E-state index >= 15 is 0 Å². The third kappa shape index (κ3) is 4.81. The van der Waals surface area contributed by atoms with Gasteiger partial charge in [0, 0.05) is 19.5 Å². The van der Waals surface area contributed by atoms with Crippen LogP contribution in [0, 0.1) is 5.92 Å². The van der Waals surface area contributed by atoms with E-state index in [9.17, 15) is 9.90 Å². The highest BCUT2D eigenvalue weighted by Crippen LogP contribution is 2.24. The average Bonchev–Trinajstić information content (AvgIpc) is 2.96. The van der Waals surface area contributed by atoms with E-state index in [0.29, 0.717) is 12.5 Å². The number of ether oxygens (including phenoxy) is 1. The van der Waals surface area contributed by atoms with Crippen molar-refractivity contribution in [3.63, 3.8) is 0 Å². The van der Waals surface area contributed by atoms with Crippen molar-refractivity contribution >= 4 is 5.97 Å². The number of likely N-dealkylation sites (N-methyl/N-ethyl adjacent to an activating group) is 1. The van der Waals surface area contributed by atoms with Gasteiger partial charge in [0.05, 0.1) is 6.10 Å². The van der Waals surface area contributed by atoms with Gasteiger partial charge in [0.1, 0.15) is 12.1 Å². The first-order valence-corrected chi connectivity index (χ1v) is 9.39. The summed E-state index contributed by atoms with van der Waals surface area (Å²) in [6.07, 6.45) is 2.65. The number of rotatable bonds is 6. The molecule has 5 nitrogen and oxygen atoms in total. The minimum Gasteiger partial charge on any atom is -0.461 e. The number of nitrogens with zero attached hydrogens (tertiary/aromatic N) is 2. The van der Waals surface area contributed by atoms with Crippen molar-refractivity contribution in [1.82, 2.24) is 9.80 Å². The van der Waals surface area contributed by atoms with Gasteiger partial charge in [-0.2, -0.15) is 0 Å². The highest BCUT2D eigenvalue weighted by Gasteiger charge is 2.35. The maximum atomic E-state index is 11.9. The maximum absolute atomic E-state index is 11.9. The minimum atomic E-state index is -0.421. The minimum absolute atomic E-state index is 0.0428. The molecule has 3 atom stereocenters. The van der Waals surface area contributed by atoms with E-state index in [1.165, 1.54) is 0 Å². The topological polar surface area (TPSA) is 53.0 Å². The highest BCUT2D eigenvalue weighted by atomic mass is 16.6. The lowest BCUT2D eigenvalue weighted by Crippen LogP contribution is -2.43. The van der Waals surface area contributed by atoms with Crippen LogP contribution in [0.15, 0.2) is 30.3 Å². The Labute approximate surface area is 150 Å². The summed E-state index contributed by atoms with van der Waals surface area (Å²) in [6.45, 7) is 5.62. The fourth-order valence-corrected chi connectivity index (χ4v) is 4.01. The van der Waals surface area contributed by atoms with Gasteiger partial charge in [-0.1, -0.05) is 30.3 Å². The summed E-state index contributed by atoms with van der Waals surface area (Å²) in [5.74, 6) is 0.539. The van der Waals surface area contributed by atoms with Crippen molar-refractivity contribution < 1.29 is 14.6 Å². The third-order valence-electron chi connectivity index (χ3n) is 5.55. The monoisotopic (exact) mass is 346 g/mol. The van der Waals surface area contributed by atoms with Crippen molar-refractivity contribution in [2.75, 3.05) is 33.2 Å². The summed E-state index contributed by atoms with van der Waals surface area (Å²) in [4.78, 5) is 16.4. The number of hydrogen-bond acceptors (Lipinski definition) is 5. The van der Waals surface area contributed by atoms with Crippen molar-refractivity contribution in [2.24, 2.45) is 5.92 Å². The zero-order valence-corrected chi connectivity index (χ0v) is 15.3. The Morgan fingerprint density at radius 2 is 1.96 bits per heavy atom. The zero-order chi connectivity index (χ0) is 17.8. The van der Waals surface area contributed by atoms with Gasteiger partial charge in [0.15, 0.2) is 0 Å². The van der Waals surface area contributed by atoms with Gasteiger partial charge in [-0.15, -0.1) is 0 Å². The van der Waals surface area contributed by atoms with Crippen LogP contribution < -0.4 is 0 Å². The number of carbonyl (C=O) groups is 1. The van der Waals surface area contributed by atoms with Crippen LogP contribution in [0.2, 0.25) is 0 Å². The molecule has 1 aromatic carbocycles. The molecule has 0 aromatic heterocycles. The number of cyclic esters (lactones) is 1. The number of benzene rings is 1. The Morgan fingerprint density at radius 1 is 1.28 bits per heavy atom. The van der Waals surface area contributed by atoms with Crippen LogP contribution in [-0.4, -0.2) is 66.2 Å².